The molecule has 1 aromatic rings. The maximum Gasteiger partial charge on any atom is 0.148 e. The minimum absolute atomic E-state index is 0.285. The van der Waals surface area contributed by atoms with Gasteiger partial charge in [-0.05, 0) is 12.8 Å². The number of hydrogen-bond acceptors (Lipinski definition) is 5. The van der Waals surface area contributed by atoms with Gasteiger partial charge in [-0.2, -0.15) is 11.8 Å². The molecule has 1 aliphatic carbocycles. The highest BCUT2D eigenvalue weighted by atomic mass is 35.5. The van der Waals surface area contributed by atoms with E-state index in [1.807, 2.05) is 0 Å². The van der Waals surface area contributed by atoms with Gasteiger partial charge in [0, 0.05) is 36.7 Å². The molecule has 1 aliphatic heterocycles. The van der Waals surface area contributed by atoms with Gasteiger partial charge in [-0.25, -0.2) is 9.97 Å². The zero-order valence-electron chi connectivity index (χ0n) is 12.4. The van der Waals surface area contributed by atoms with E-state index in [9.17, 15) is 0 Å². The van der Waals surface area contributed by atoms with Gasteiger partial charge in [0.1, 0.15) is 17.2 Å². The fourth-order valence-electron chi connectivity index (χ4n) is 3.54. The molecule has 116 valence electrons. The van der Waals surface area contributed by atoms with Gasteiger partial charge in [-0.3, -0.25) is 4.90 Å². The highest BCUT2D eigenvalue weighted by Crippen LogP contribution is 2.35. The van der Waals surface area contributed by atoms with Crippen molar-refractivity contribution in [3.05, 3.63) is 17.5 Å². The third-order valence-electron chi connectivity index (χ3n) is 4.72. The lowest BCUT2D eigenvalue weighted by Gasteiger charge is -2.48. The molecule has 0 atom stereocenters. The van der Waals surface area contributed by atoms with Gasteiger partial charge >= 0.3 is 0 Å². The van der Waals surface area contributed by atoms with E-state index in [2.05, 4.69) is 31.9 Å². The molecule has 0 bridgehead atoms. The van der Waals surface area contributed by atoms with Crippen LogP contribution in [0.5, 0.6) is 0 Å². The lowest BCUT2D eigenvalue weighted by molar-refractivity contribution is 0.0706. The second-order valence-electron chi connectivity index (χ2n) is 5.96. The van der Waals surface area contributed by atoms with Crippen LogP contribution in [0, 0.1) is 0 Å². The molecular weight excluding hydrogens is 304 g/mol. The van der Waals surface area contributed by atoms with E-state index in [4.69, 9.17) is 11.6 Å². The monoisotopic (exact) mass is 326 g/mol. The lowest BCUT2D eigenvalue weighted by Crippen LogP contribution is -2.57. The first-order valence-corrected chi connectivity index (χ1v) is 9.36. The van der Waals surface area contributed by atoms with E-state index in [0.29, 0.717) is 5.02 Å². The minimum atomic E-state index is 0.285. The Kier molecular flexibility index (Phi) is 5.24. The Morgan fingerprint density at radius 3 is 2.71 bits per heavy atom. The summed E-state index contributed by atoms with van der Waals surface area (Å²) >= 11 is 8.24. The van der Waals surface area contributed by atoms with Crippen LogP contribution in [0.25, 0.3) is 0 Å². The zero-order chi connectivity index (χ0) is 14.5. The van der Waals surface area contributed by atoms with Crippen LogP contribution in [0.15, 0.2) is 12.5 Å². The number of thioether (sulfide) groups is 1. The SMILES string of the molecule is Clc1cncnc1NCC1(N2CCSCC2)CCCCC1. The van der Waals surface area contributed by atoms with Crippen molar-refractivity contribution in [1.29, 1.82) is 0 Å². The van der Waals surface area contributed by atoms with Crippen LogP contribution >= 0.6 is 23.4 Å². The molecule has 0 radical (unpaired) electrons. The van der Waals surface area contributed by atoms with Crippen molar-refractivity contribution in [3.8, 4) is 0 Å². The van der Waals surface area contributed by atoms with Crippen molar-refractivity contribution in [3.63, 3.8) is 0 Å². The third kappa shape index (κ3) is 3.63. The Bertz CT molecular complexity index is 459. The molecule has 4 nitrogen and oxygen atoms in total. The van der Waals surface area contributed by atoms with Gasteiger partial charge in [0.25, 0.3) is 0 Å². The Labute approximate surface area is 136 Å². The van der Waals surface area contributed by atoms with E-state index >= 15 is 0 Å². The number of halogens is 1. The highest BCUT2D eigenvalue weighted by molar-refractivity contribution is 7.99. The predicted molar refractivity (Wildman–Crippen MR) is 90.2 cm³/mol. The molecule has 0 unspecified atom stereocenters. The summed E-state index contributed by atoms with van der Waals surface area (Å²) in [6.45, 7) is 3.36. The smallest absolute Gasteiger partial charge is 0.148 e. The second-order valence-corrected chi connectivity index (χ2v) is 7.59. The van der Waals surface area contributed by atoms with Crippen molar-refractivity contribution in [2.75, 3.05) is 36.5 Å². The Morgan fingerprint density at radius 1 is 1.24 bits per heavy atom. The van der Waals surface area contributed by atoms with Crippen molar-refractivity contribution in [2.45, 2.75) is 37.6 Å². The second kappa shape index (κ2) is 7.16. The molecule has 6 heteroatoms. The first kappa shape index (κ1) is 15.4. The summed E-state index contributed by atoms with van der Waals surface area (Å²) in [5.41, 5.74) is 0.285. The average molecular weight is 327 g/mol. The molecule has 0 spiro atoms. The quantitative estimate of drug-likeness (QED) is 0.919. The van der Waals surface area contributed by atoms with Crippen LogP contribution in [-0.2, 0) is 0 Å². The first-order chi connectivity index (χ1) is 10.3. The van der Waals surface area contributed by atoms with Gasteiger partial charge in [0.05, 0.1) is 6.20 Å². The van der Waals surface area contributed by atoms with Gasteiger partial charge in [-0.1, -0.05) is 30.9 Å². The van der Waals surface area contributed by atoms with E-state index in [-0.39, 0.29) is 5.54 Å². The third-order valence-corrected chi connectivity index (χ3v) is 5.94. The van der Waals surface area contributed by atoms with Gasteiger partial charge in [0.2, 0.25) is 0 Å². The molecule has 1 N–H and O–H groups in total. The summed E-state index contributed by atoms with van der Waals surface area (Å²) in [6, 6.07) is 0. The topological polar surface area (TPSA) is 41.1 Å². The van der Waals surface area contributed by atoms with Crippen LogP contribution in [-0.4, -0.2) is 51.5 Å². The van der Waals surface area contributed by atoms with E-state index < -0.39 is 0 Å². The van der Waals surface area contributed by atoms with E-state index in [1.54, 1.807) is 12.5 Å². The van der Waals surface area contributed by atoms with Crippen LogP contribution in [0.2, 0.25) is 5.02 Å². The Hall–Kier alpha value is -0.520. The van der Waals surface area contributed by atoms with Crippen molar-refractivity contribution < 1.29 is 0 Å². The summed E-state index contributed by atoms with van der Waals surface area (Å²) in [7, 11) is 0. The molecule has 2 heterocycles. The molecule has 21 heavy (non-hydrogen) atoms. The molecule has 1 aromatic heterocycles. The van der Waals surface area contributed by atoms with Crippen LogP contribution < -0.4 is 5.32 Å². The summed E-state index contributed by atoms with van der Waals surface area (Å²) in [4.78, 5) is 10.9. The summed E-state index contributed by atoms with van der Waals surface area (Å²) < 4.78 is 0. The first-order valence-electron chi connectivity index (χ1n) is 7.82. The maximum atomic E-state index is 6.17. The summed E-state index contributed by atoms with van der Waals surface area (Å²) in [5.74, 6) is 3.29. The van der Waals surface area contributed by atoms with Crippen molar-refractivity contribution in [1.82, 2.24) is 14.9 Å². The molecule has 3 rings (SSSR count). The standard InChI is InChI=1S/C15H23ClN4S/c16-13-10-17-12-19-14(13)18-11-15(4-2-1-3-5-15)20-6-8-21-9-7-20/h10,12H,1-9,11H2,(H,17,18,19). The Morgan fingerprint density at radius 2 is 2.00 bits per heavy atom. The number of nitrogens with zero attached hydrogens (tertiary/aromatic N) is 3. The van der Waals surface area contributed by atoms with Crippen molar-refractivity contribution >= 4 is 29.2 Å². The molecule has 1 saturated heterocycles. The minimum Gasteiger partial charge on any atom is -0.367 e. The largest absolute Gasteiger partial charge is 0.367 e. The molecule has 1 saturated carbocycles. The zero-order valence-corrected chi connectivity index (χ0v) is 13.9. The van der Waals surface area contributed by atoms with Crippen LogP contribution in [0.1, 0.15) is 32.1 Å². The van der Waals surface area contributed by atoms with Crippen molar-refractivity contribution in [2.24, 2.45) is 0 Å². The summed E-state index contributed by atoms with van der Waals surface area (Å²) in [5, 5.41) is 4.10. The number of rotatable bonds is 4. The van der Waals surface area contributed by atoms with E-state index in [1.165, 1.54) is 56.7 Å². The fraction of sp³-hybridized carbons (Fsp3) is 0.733. The molecule has 2 aliphatic rings. The van der Waals surface area contributed by atoms with E-state index in [0.717, 1.165) is 12.4 Å². The number of hydrogen-bond donors (Lipinski definition) is 1. The predicted octanol–water partition coefficient (Wildman–Crippen LogP) is 3.29. The van der Waals surface area contributed by atoms with Gasteiger partial charge in [0.15, 0.2) is 0 Å². The molecule has 0 amide bonds. The number of aromatic nitrogens is 2. The average Bonchev–Trinajstić information content (AvgIpc) is 2.56. The molecule has 2 fully saturated rings. The fourth-order valence-corrected chi connectivity index (χ4v) is 4.62. The molecular formula is C15H23ClN4S. The van der Waals surface area contributed by atoms with Gasteiger partial charge < -0.3 is 5.32 Å². The molecule has 0 aromatic carbocycles. The number of anilines is 1. The van der Waals surface area contributed by atoms with Gasteiger partial charge in [-0.15, -0.1) is 0 Å². The normalized spacial score (nSPS) is 22.9. The Balaban J connectivity index is 1.71. The highest BCUT2D eigenvalue weighted by Gasteiger charge is 2.38. The van der Waals surface area contributed by atoms with Crippen LogP contribution in [0.4, 0.5) is 5.82 Å². The maximum absolute atomic E-state index is 6.17. The number of nitrogens with one attached hydrogen (secondary N) is 1. The van der Waals surface area contributed by atoms with Crippen LogP contribution in [0.3, 0.4) is 0 Å². The summed E-state index contributed by atoms with van der Waals surface area (Å²) in [6.07, 6.45) is 9.83. The lowest BCUT2D eigenvalue weighted by atomic mass is 9.80.